The molecule has 0 unspecified atom stereocenters. The molecular weight excluding hydrogens is 296 g/mol. The predicted molar refractivity (Wildman–Crippen MR) is 88.9 cm³/mol. The number of nitrogens with zero attached hydrogens (tertiary/aromatic N) is 1. The molecule has 1 fully saturated rings. The average Bonchev–Trinajstić information content (AvgIpc) is 2.59. The maximum atomic E-state index is 12.2. The lowest BCUT2D eigenvalue weighted by Crippen LogP contribution is -2.42. The summed E-state index contributed by atoms with van der Waals surface area (Å²) in [6.07, 6.45) is 5.02. The molecule has 0 aromatic heterocycles. The van der Waals surface area contributed by atoms with Crippen molar-refractivity contribution < 1.29 is 19.0 Å². The van der Waals surface area contributed by atoms with Crippen LogP contribution in [0.4, 0.5) is 0 Å². The lowest BCUT2D eigenvalue weighted by molar-refractivity contribution is -0.126. The number of nitrogens with two attached hydrogens (primary N) is 1. The first-order valence-electron chi connectivity index (χ1n) is 7.61. The number of rotatable bonds is 5. The van der Waals surface area contributed by atoms with Crippen molar-refractivity contribution in [1.82, 2.24) is 4.90 Å². The molecule has 2 N–H and O–H groups in total. The monoisotopic (exact) mass is 320 g/mol. The highest BCUT2D eigenvalue weighted by molar-refractivity contribution is 5.92. The number of likely N-dealkylation sites (tertiary alicyclic amines) is 1. The van der Waals surface area contributed by atoms with Gasteiger partial charge in [0.1, 0.15) is 0 Å². The first-order chi connectivity index (χ1) is 11.1. The van der Waals surface area contributed by atoms with Crippen molar-refractivity contribution in [3.8, 4) is 17.2 Å². The Hall–Kier alpha value is -2.21. The third-order valence-electron chi connectivity index (χ3n) is 3.96. The van der Waals surface area contributed by atoms with E-state index in [0.717, 1.165) is 18.4 Å². The lowest BCUT2D eigenvalue weighted by Gasteiger charge is -2.29. The van der Waals surface area contributed by atoms with Gasteiger partial charge < -0.3 is 24.8 Å². The van der Waals surface area contributed by atoms with Crippen molar-refractivity contribution in [3.63, 3.8) is 0 Å². The zero-order valence-corrected chi connectivity index (χ0v) is 13.9. The molecular formula is C17H24N2O4. The van der Waals surface area contributed by atoms with E-state index in [-0.39, 0.29) is 11.9 Å². The Balaban J connectivity index is 2.14. The fraction of sp³-hybridized carbons (Fsp3) is 0.471. The standard InChI is InChI=1S/C17H24N2O4/c1-21-14-10-12(11-15(22-2)17(14)23-3)4-5-16(20)19-8-6-13(18)7-9-19/h4-5,10-11,13H,6-9,18H2,1-3H3/b5-4+. The van der Waals surface area contributed by atoms with Gasteiger partial charge in [-0.15, -0.1) is 0 Å². The van der Waals surface area contributed by atoms with E-state index < -0.39 is 0 Å². The van der Waals surface area contributed by atoms with E-state index in [1.807, 2.05) is 4.90 Å². The summed E-state index contributed by atoms with van der Waals surface area (Å²) in [6.45, 7) is 1.42. The average molecular weight is 320 g/mol. The molecule has 1 amide bonds. The summed E-state index contributed by atoms with van der Waals surface area (Å²) in [5, 5.41) is 0. The Bertz CT molecular complexity index is 553. The zero-order chi connectivity index (χ0) is 16.8. The molecule has 1 aromatic rings. The third-order valence-corrected chi connectivity index (χ3v) is 3.96. The molecule has 1 aromatic carbocycles. The van der Waals surface area contributed by atoms with Gasteiger partial charge >= 0.3 is 0 Å². The topological polar surface area (TPSA) is 74.0 Å². The quantitative estimate of drug-likeness (QED) is 0.836. The van der Waals surface area contributed by atoms with Gasteiger partial charge in [0.25, 0.3) is 0 Å². The number of hydrogen-bond donors (Lipinski definition) is 1. The molecule has 6 heteroatoms. The Morgan fingerprint density at radius 3 is 2.17 bits per heavy atom. The summed E-state index contributed by atoms with van der Waals surface area (Å²) in [5.74, 6) is 1.64. The van der Waals surface area contributed by atoms with E-state index >= 15 is 0 Å². The normalized spacial score (nSPS) is 15.7. The summed E-state index contributed by atoms with van der Waals surface area (Å²) < 4.78 is 15.9. The van der Waals surface area contributed by atoms with Crippen molar-refractivity contribution in [2.24, 2.45) is 5.73 Å². The van der Waals surface area contributed by atoms with Crippen LogP contribution in [0.5, 0.6) is 17.2 Å². The summed E-state index contributed by atoms with van der Waals surface area (Å²) >= 11 is 0. The Morgan fingerprint density at radius 1 is 1.13 bits per heavy atom. The van der Waals surface area contributed by atoms with E-state index in [4.69, 9.17) is 19.9 Å². The van der Waals surface area contributed by atoms with Crippen molar-refractivity contribution in [1.29, 1.82) is 0 Å². The van der Waals surface area contributed by atoms with Crippen LogP contribution in [0.15, 0.2) is 18.2 Å². The number of methoxy groups -OCH3 is 3. The Labute approximate surface area is 136 Å². The van der Waals surface area contributed by atoms with Crippen LogP contribution in [-0.2, 0) is 4.79 Å². The SMILES string of the molecule is COc1cc(/C=C/C(=O)N2CCC(N)CC2)cc(OC)c1OC. The summed E-state index contributed by atoms with van der Waals surface area (Å²) in [5.41, 5.74) is 6.66. The van der Waals surface area contributed by atoms with E-state index in [2.05, 4.69) is 0 Å². The minimum absolute atomic E-state index is 0.00866. The zero-order valence-electron chi connectivity index (χ0n) is 13.9. The van der Waals surface area contributed by atoms with Gasteiger partial charge in [0.05, 0.1) is 21.3 Å². The number of piperidine rings is 1. The molecule has 0 atom stereocenters. The molecule has 0 radical (unpaired) electrons. The van der Waals surface area contributed by atoms with Crippen LogP contribution >= 0.6 is 0 Å². The first kappa shape index (κ1) is 17.1. The van der Waals surface area contributed by atoms with E-state index in [0.29, 0.717) is 30.3 Å². The predicted octanol–water partition coefficient (Wildman–Crippen LogP) is 1.68. The van der Waals surface area contributed by atoms with Gasteiger partial charge in [0.2, 0.25) is 11.7 Å². The maximum Gasteiger partial charge on any atom is 0.246 e. The number of carbonyl (C=O) groups is 1. The minimum atomic E-state index is -0.00866. The van der Waals surface area contributed by atoms with Gasteiger partial charge in [0.15, 0.2) is 11.5 Å². The second-order valence-electron chi connectivity index (χ2n) is 5.45. The smallest absolute Gasteiger partial charge is 0.246 e. The van der Waals surface area contributed by atoms with Gasteiger partial charge in [-0.25, -0.2) is 0 Å². The Morgan fingerprint density at radius 2 is 1.70 bits per heavy atom. The van der Waals surface area contributed by atoms with Gasteiger partial charge in [-0.2, -0.15) is 0 Å². The fourth-order valence-corrected chi connectivity index (χ4v) is 2.59. The highest BCUT2D eigenvalue weighted by Crippen LogP contribution is 2.38. The largest absolute Gasteiger partial charge is 0.493 e. The number of ether oxygens (including phenoxy) is 3. The van der Waals surface area contributed by atoms with Gasteiger partial charge in [-0.05, 0) is 36.6 Å². The molecule has 126 valence electrons. The number of benzene rings is 1. The van der Waals surface area contributed by atoms with Crippen LogP contribution in [0.3, 0.4) is 0 Å². The van der Waals surface area contributed by atoms with Crippen molar-refractivity contribution in [3.05, 3.63) is 23.8 Å². The van der Waals surface area contributed by atoms with Crippen molar-refractivity contribution in [2.75, 3.05) is 34.4 Å². The molecule has 1 heterocycles. The van der Waals surface area contributed by atoms with Crippen LogP contribution in [-0.4, -0.2) is 51.3 Å². The first-order valence-corrected chi connectivity index (χ1v) is 7.61. The summed E-state index contributed by atoms with van der Waals surface area (Å²) in [6, 6.07) is 3.81. The number of amides is 1. The molecule has 0 spiro atoms. The van der Waals surface area contributed by atoms with Gasteiger partial charge in [0, 0.05) is 25.2 Å². The molecule has 6 nitrogen and oxygen atoms in total. The third kappa shape index (κ3) is 4.16. The summed E-state index contributed by atoms with van der Waals surface area (Å²) in [7, 11) is 4.68. The Kier molecular flexibility index (Phi) is 5.87. The van der Waals surface area contributed by atoms with Crippen LogP contribution in [0.25, 0.3) is 6.08 Å². The second kappa shape index (κ2) is 7.87. The van der Waals surface area contributed by atoms with Gasteiger partial charge in [-0.3, -0.25) is 4.79 Å². The maximum absolute atomic E-state index is 12.2. The number of carbonyl (C=O) groups excluding carboxylic acids is 1. The molecule has 2 rings (SSSR count). The summed E-state index contributed by atoms with van der Waals surface area (Å²) in [4.78, 5) is 14.0. The second-order valence-corrected chi connectivity index (χ2v) is 5.45. The highest BCUT2D eigenvalue weighted by Gasteiger charge is 2.19. The fourth-order valence-electron chi connectivity index (χ4n) is 2.59. The van der Waals surface area contributed by atoms with Crippen LogP contribution in [0.2, 0.25) is 0 Å². The van der Waals surface area contributed by atoms with Gasteiger partial charge in [-0.1, -0.05) is 0 Å². The minimum Gasteiger partial charge on any atom is -0.493 e. The van der Waals surface area contributed by atoms with E-state index in [9.17, 15) is 4.79 Å². The van der Waals surface area contributed by atoms with Crippen LogP contribution in [0, 0.1) is 0 Å². The van der Waals surface area contributed by atoms with Crippen LogP contribution < -0.4 is 19.9 Å². The molecule has 0 bridgehead atoms. The molecule has 1 saturated heterocycles. The highest BCUT2D eigenvalue weighted by atomic mass is 16.5. The molecule has 23 heavy (non-hydrogen) atoms. The van der Waals surface area contributed by atoms with Crippen molar-refractivity contribution in [2.45, 2.75) is 18.9 Å². The molecule has 1 aliphatic heterocycles. The number of hydrogen-bond acceptors (Lipinski definition) is 5. The van der Waals surface area contributed by atoms with E-state index in [1.54, 1.807) is 45.6 Å². The molecule has 1 aliphatic rings. The molecule has 0 saturated carbocycles. The van der Waals surface area contributed by atoms with E-state index in [1.165, 1.54) is 0 Å². The van der Waals surface area contributed by atoms with Crippen LogP contribution in [0.1, 0.15) is 18.4 Å². The lowest BCUT2D eigenvalue weighted by atomic mass is 10.1. The van der Waals surface area contributed by atoms with Crippen molar-refractivity contribution >= 4 is 12.0 Å². The molecule has 0 aliphatic carbocycles.